The molecule has 0 fully saturated rings. The lowest BCUT2D eigenvalue weighted by atomic mass is 9.88. The molecule has 0 amide bonds. The van der Waals surface area contributed by atoms with Gasteiger partial charge in [0.2, 0.25) is 0 Å². The van der Waals surface area contributed by atoms with Gasteiger partial charge in [-0.15, -0.1) is 11.3 Å². The van der Waals surface area contributed by atoms with Crippen molar-refractivity contribution >= 4 is 72.0 Å². The first-order valence-electron chi connectivity index (χ1n) is 12.8. The summed E-state index contributed by atoms with van der Waals surface area (Å²) < 4.78 is 2.48. The zero-order valence-corrected chi connectivity index (χ0v) is 21.4. The Balaban J connectivity index is 1.33. The Labute approximate surface area is 220 Å². The molecule has 176 valence electrons. The highest BCUT2D eigenvalue weighted by Crippen LogP contribution is 2.37. The Morgan fingerprint density at radius 2 is 1.30 bits per heavy atom. The summed E-state index contributed by atoms with van der Waals surface area (Å²) in [6.07, 6.45) is 8.96. The maximum atomic E-state index is 4.47. The minimum Gasteiger partial charge on any atom is -0.135 e. The molecule has 0 nitrogen and oxygen atoms in total. The predicted octanol–water partition coefficient (Wildman–Crippen LogP) is 8.91. The van der Waals surface area contributed by atoms with Crippen molar-refractivity contribution in [3.05, 3.63) is 136 Å². The molecular weight excluding hydrogens is 464 g/mol. The molecule has 7 rings (SSSR count). The van der Waals surface area contributed by atoms with Gasteiger partial charge in [0.15, 0.2) is 0 Å². The minimum atomic E-state index is 1.01. The number of fused-ring (bicyclic) bond motifs is 7. The molecule has 0 saturated carbocycles. The summed E-state index contributed by atoms with van der Waals surface area (Å²) in [4.78, 5) is 0. The van der Waals surface area contributed by atoms with Crippen molar-refractivity contribution in [2.75, 3.05) is 0 Å². The van der Waals surface area contributed by atoms with Crippen LogP contribution in [0.25, 0.3) is 60.6 Å². The molecule has 0 saturated heterocycles. The molecule has 1 aromatic heterocycles. The van der Waals surface area contributed by atoms with Gasteiger partial charge in [-0.1, -0.05) is 104 Å². The largest absolute Gasteiger partial charge is 0.135 e. The molecule has 1 aliphatic rings. The fourth-order valence-corrected chi connectivity index (χ4v) is 6.85. The van der Waals surface area contributed by atoms with Crippen molar-refractivity contribution in [3.8, 4) is 0 Å². The first-order chi connectivity index (χ1) is 18.2. The van der Waals surface area contributed by atoms with Gasteiger partial charge in [-0.25, -0.2) is 0 Å². The SMILES string of the molecule is C=C(/C=c1/sc2ccccc2c1=C)C1=CC(c2ccc3c4ccccc4c4ccccc4c3c2)=CCC1. The zero-order chi connectivity index (χ0) is 24.9. The van der Waals surface area contributed by atoms with Crippen molar-refractivity contribution in [3.63, 3.8) is 0 Å². The van der Waals surface area contributed by atoms with E-state index < -0.39 is 0 Å². The summed E-state index contributed by atoms with van der Waals surface area (Å²) >= 11 is 1.80. The van der Waals surface area contributed by atoms with Gasteiger partial charge in [0.1, 0.15) is 0 Å². The summed E-state index contributed by atoms with van der Waals surface area (Å²) in [6, 6.07) is 33.0. The molecule has 6 aromatic rings. The normalized spacial score (nSPS) is 14.4. The Hall–Kier alpha value is -4.20. The van der Waals surface area contributed by atoms with Crippen LogP contribution in [0.5, 0.6) is 0 Å². The maximum Gasteiger partial charge on any atom is 0.0355 e. The smallest absolute Gasteiger partial charge is 0.0355 e. The fraction of sp³-hybridized carbons (Fsp3) is 0.0556. The monoisotopic (exact) mass is 490 g/mol. The topological polar surface area (TPSA) is 0 Å². The third-order valence-electron chi connectivity index (χ3n) is 7.63. The standard InChI is InChI=1S/C36H26S/c1-23(20-36-24(2)28-12-7-8-17-35(28)37-36)25-10-9-11-26(21-25)27-18-19-33-31-15-4-3-13-29(31)30-14-5-6-16-32(30)34(33)22-27/h3-8,11-22H,1-2,9-10H2/b36-20+. The Morgan fingerprint density at radius 1 is 0.703 bits per heavy atom. The van der Waals surface area contributed by atoms with Crippen molar-refractivity contribution in [1.29, 1.82) is 0 Å². The van der Waals surface area contributed by atoms with Crippen LogP contribution in [-0.2, 0) is 0 Å². The highest BCUT2D eigenvalue weighted by atomic mass is 32.1. The Kier molecular flexibility index (Phi) is 5.20. The van der Waals surface area contributed by atoms with Crippen LogP contribution in [0, 0.1) is 0 Å². The molecule has 1 heterocycles. The number of thiophene rings is 1. The summed E-state index contributed by atoms with van der Waals surface area (Å²) in [7, 11) is 0. The van der Waals surface area contributed by atoms with Crippen LogP contribution in [0.4, 0.5) is 0 Å². The Bertz CT molecular complexity index is 2030. The predicted molar refractivity (Wildman–Crippen MR) is 164 cm³/mol. The van der Waals surface area contributed by atoms with Crippen molar-refractivity contribution < 1.29 is 0 Å². The van der Waals surface area contributed by atoms with E-state index in [0.29, 0.717) is 0 Å². The van der Waals surface area contributed by atoms with Crippen LogP contribution < -0.4 is 9.75 Å². The second kappa shape index (κ2) is 8.73. The van der Waals surface area contributed by atoms with E-state index in [9.17, 15) is 0 Å². The first kappa shape index (κ1) is 22.0. The van der Waals surface area contributed by atoms with Gasteiger partial charge in [-0.2, -0.15) is 0 Å². The van der Waals surface area contributed by atoms with E-state index in [-0.39, 0.29) is 0 Å². The number of hydrogen-bond acceptors (Lipinski definition) is 1. The minimum absolute atomic E-state index is 1.01. The molecule has 0 atom stereocenters. The second-order valence-electron chi connectivity index (χ2n) is 9.83. The summed E-state index contributed by atoms with van der Waals surface area (Å²) in [5.74, 6) is 0. The first-order valence-corrected chi connectivity index (χ1v) is 13.6. The average Bonchev–Trinajstić information content (AvgIpc) is 3.27. The highest BCUT2D eigenvalue weighted by molar-refractivity contribution is 7.17. The lowest BCUT2D eigenvalue weighted by Gasteiger charge is -2.16. The molecule has 1 aliphatic carbocycles. The molecular formula is C36H26S. The Morgan fingerprint density at radius 3 is 1.97 bits per heavy atom. The van der Waals surface area contributed by atoms with Crippen molar-refractivity contribution in [1.82, 2.24) is 0 Å². The zero-order valence-electron chi connectivity index (χ0n) is 20.6. The van der Waals surface area contributed by atoms with E-state index in [1.54, 1.807) is 11.3 Å². The number of hydrogen-bond donors (Lipinski definition) is 0. The van der Waals surface area contributed by atoms with E-state index in [1.807, 2.05) is 0 Å². The van der Waals surface area contributed by atoms with Crippen molar-refractivity contribution in [2.45, 2.75) is 12.8 Å². The van der Waals surface area contributed by atoms with E-state index in [1.165, 1.54) is 63.6 Å². The van der Waals surface area contributed by atoms with Gasteiger partial charge in [-0.3, -0.25) is 0 Å². The molecule has 1 heteroatoms. The van der Waals surface area contributed by atoms with Crippen LogP contribution in [0.15, 0.2) is 121 Å². The van der Waals surface area contributed by atoms with Crippen LogP contribution in [0.3, 0.4) is 0 Å². The van der Waals surface area contributed by atoms with E-state index >= 15 is 0 Å². The van der Waals surface area contributed by atoms with Gasteiger partial charge in [0, 0.05) is 9.23 Å². The van der Waals surface area contributed by atoms with Gasteiger partial charge < -0.3 is 0 Å². The summed E-state index contributed by atoms with van der Waals surface area (Å²) in [5, 5.41) is 10.2. The van der Waals surface area contributed by atoms with E-state index in [4.69, 9.17) is 0 Å². The third kappa shape index (κ3) is 3.66. The number of rotatable bonds is 3. The number of allylic oxidation sites excluding steroid dienone is 5. The molecule has 0 N–H and O–H groups in total. The lowest BCUT2D eigenvalue weighted by Crippen LogP contribution is -2.16. The number of benzene rings is 5. The van der Waals surface area contributed by atoms with Crippen LogP contribution in [-0.4, -0.2) is 0 Å². The fourth-order valence-electron chi connectivity index (χ4n) is 5.73. The second-order valence-corrected chi connectivity index (χ2v) is 10.9. The average molecular weight is 491 g/mol. The molecule has 0 radical (unpaired) electrons. The molecule has 0 aliphatic heterocycles. The van der Waals surface area contributed by atoms with E-state index in [2.05, 4.69) is 122 Å². The molecule has 0 bridgehead atoms. The van der Waals surface area contributed by atoms with Crippen LogP contribution in [0.1, 0.15) is 18.4 Å². The quantitative estimate of drug-likeness (QED) is 0.217. The lowest BCUT2D eigenvalue weighted by molar-refractivity contribution is 0.987. The molecule has 37 heavy (non-hydrogen) atoms. The van der Waals surface area contributed by atoms with Gasteiger partial charge >= 0.3 is 0 Å². The molecule has 0 unspecified atom stereocenters. The molecule has 5 aromatic carbocycles. The van der Waals surface area contributed by atoms with Gasteiger partial charge in [0.05, 0.1) is 0 Å². The van der Waals surface area contributed by atoms with Gasteiger partial charge in [0.25, 0.3) is 0 Å². The third-order valence-corrected chi connectivity index (χ3v) is 8.79. The summed E-state index contributed by atoms with van der Waals surface area (Å²) in [6.45, 7) is 8.82. The highest BCUT2D eigenvalue weighted by Gasteiger charge is 2.13. The van der Waals surface area contributed by atoms with E-state index in [0.717, 1.165) is 23.6 Å². The van der Waals surface area contributed by atoms with Crippen LogP contribution in [0.2, 0.25) is 0 Å². The molecule has 0 spiro atoms. The van der Waals surface area contributed by atoms with Crippen LogP contribution >= 0.6 is 11.3 Å². The van der Waals surface area contributed by atoms with Gasteiger partial charge in [-0.05, 0) is 96.3 Å². The van der Waals surface area contributed by atoms with Crippen molar-refractivity contribution in [2.24, 2.45) is 0 Å². The maximum absolute atomic E-state index is 4.47. The summed E-state index contributed by atoms with van der Waals surface area (Å²) in [5.41, 5.74) is 4.93.